The first-order chi connectivity index (χ1) is 33.1. The molecule has 0 aliphatic rings. The topological polar surface area (TPSA) is 439 Å². The largest absolute Gasteiger partial charge is 0.481 e. The lowest BCUT2D eigenvalue weighted by Crippen LogP contribution is -2.62. The van der Waals surface area contributed by atoms with E-state index < -0.39 is 146 Å². The van der Waals surface area contributed by atoms with E-state index >= 15 is 0 Å². The molecule has 27 nitrogen and oxygen atoms in total. The van der Waals surface area contributed by atoms with Crippen LogP contribution in [-0.4, -0.2) is 174 Å². The van der Waals surface area contributed by atoms with Gasteiger partial charge in [-0.3, -0.25) is 43.2 Å². The molecular formula is C43H62N12O15. The summed E-state index contributed by atoms with van der Waals surface area (Å²) in [7, 11) is 0. The normalized spacial score (nSPS) is 14.7. The fourth-order valence-electron chi connectivity index (χ4n) is 6.80. The van der Waals surface area contributed by atoms with Gasteiger partial charge in [-0.2, -0.15) is 0 Å². The minimum atomic E-state index is -2.02. The summed E-state index contributed by atoms with van der Waals surface area (Å²) in [4.78, 5) is 139. The van der Waals surface area contributed by atoms with Crippen molar-refractivity contribution in [2.45, 2.75) is 102 Å². The van der Waals surface area contributed by atoms with Gasteiger partial charge in [-0.1, -0.05) is 45.9 Å². The summed E-state index contributed by atoms with van der Waals surface area (Å²) in [5.41, 5.74) is 7.78. The zero-order valence-electron chi connectivity index (χ0n) is 38.8. The number of nitrogens with one attached hydrogen (secondary N) is 10. The molecule has 0 aliphatic heterocycles. The maximum Gasteiger partial charge on any atom is 0.326 e. The lowest BCUT2D eigenvalue weighted by Gasteiger charge is -2.27. The monoisotopic (exact) mass is 986 g/mol. The van der Waals surface area contributed by atoms with Crippen molar-refractivity contribution in [1.82, 2.24) is 57.5 Å². The molecule has 3 rings (SSSR count). The second-order valence-electron chi connectivity index (χ2n) is 16.9. The smallest absolute Gasteiger partial charge is 0.326 e. The van der Waals surface area contributed by atoms with Crippen molar-refractivity contribution >= 4 is 70.1 Å². The van der Waals surface area contributed by atoms with Gasteiger partial charge in [0.2, 0.25) is 47.3 Å². The Kier molecular flexibility index (Phi) is 22.3. The molecule has 0 aliphatic carbocycles. The van der Waals surface area contributed by atoms with Crippen LogP contribution in [-0.2, 0) is 60.8 Å². The van der Waals surface area contributed by atoms with Gasteiger partial charge in [-0.05, 0) is 29.9 Å². The van der Waals surface area contributed by atoms with Crippen LogP contribution in [0.15, 0.2) is 43.0 Å². The summed E-state index contributed by atoms with van der Waals surface area (Å²) < 4.78 is 0. The number of amides is 8. The Morgan fingerprint density at radius 1 is 0.629 bits per heavy atom. The number of H-pyrrole nitrogens is 2. The summed E-state index contributed by atoms with van der Waals surface area (Å²) in [6.45, 7) is 2.57. The average molecular weight is 987 g/mol. The van der Waals surface area contributed by atoms with E-state index in [0.29, 0.717) is 11.3 Å². The Morgan fingerprint density at radius 2 is 1.16 bits per heavy atom. The highest BCUT2D eigenvalue weighted by Gasteiger charge is 2.35. The molecular weight excluding hydrogens is 925 g/mol. The van der Waals surface area contributed by atoms with Crippen molar-refractivity contribution in [2.75, 3.05) is 26.4 Å². The number of carbonyl (C=O) groups excluding carboxylic acids is 8. The number of benzene rings is 1. The highest BCUT2D eigenvalue weighted by atomic mass is 16.4. The fraction of sp³-hybridized carbons (Fsp3) is 0.512. The van der Waals surface area contributed by atoms with Crippen LogP contribution in [0.5, 0.6) is 0 Å². The van der Waals surface area contributed by atoms with Crippen LogP contribution in [0.2, 0.25) is 0 Å². The maximum atomic E-state index is 13.4. The van der Waals surface area contributed by atoms with Gasteiger partial charge in [0.1, 0.15) is 42.3 Å². The summed E-state index contributed by atoms with van der Waals surface area (Å²) in [5.74, 6) is -12.4. The molecule has 2 aromatic heterocycles. The van der Waals surface area contributed by atoms with Gasteiger partial charge in [-0.25, -0.2) is 9.78 Å². The molecule has 1 aromatic carbocycles. The number of para-hydroxylation sites is 1. The number of aliphatic hydroxyl groups is 3. The summed E-state index contributed by atoms with van der Waals surface area (Å²) in [6, 6.07) is -5.73. The minimum absolute atomic E-state index is 0.0199. The number of nitrogens with zero attached hydrogens (tertiary/aromatic N) is 1. The van der Waals surface area contributed by atoms with Gasteiger partial charge in [-0.15, -0.1) is 0 Å². The molecule has 384 valence electrons. The van der Waals surface area contributed by atoms with Gasteiger partial charge in [0.05, 0.1) is 45.2 Å². The number of fused-ring (bicyclic) bond motifs is 1. The molecule has 0 fully saturated rings. The van der Waals surface area contributed by atoms with Crippen LogP contribution < -0.4 is 48.3 Å². The van der Waals surface area contributed by atoms with E-state index in [4.69, 9.17) is 5.73 Å². The van der Waals surface area contributed by atoms with Gasteiger partial charge in [0.15, 0.2) is 0 Å². The lowest BCUT2D eigenvalue weighted by atomic mass is 10.0. The first kappa shape index (κ1) is 56.8. The maximum absolute atomic E-state index is 13.4. The number of nitrogens with two attached hydrogens (primary N) is 1. The predicted octanol–water partition coefficient (Wildman–Crippen LogP) is -5.25. The Balaban J connectivity index is 1.63. The zero-order chi connectivity index (χ0) is 52.2. The molecule has 8 atom stereocenters. The molecule has 8 amide bonds. The summed E-state index contributed by atoms with van der Waals surface area (Å²) in [6.07, 6.45) is 3.33. The third kappa shape index (κ3) is 17.5. The van der Waals surface area contributed by atoms with E-state index in [2.05, 4.69) is 52.2 Å². The van der Waals surface area contributed by atoms with Crippen LogP contribution in [0.4, 0.5) is 0 Å². The molecule has 0 saturated carbocycles. The second kappa shape index (κ2) is 27.5. The van der Waals surface area contributed by atoms with Crippen molar-refractivity contribution in [3.63, 3.8) is 0 Å². The number of carbonyl (C=O) groups is 10. The number of imidazole rings is 1. The first-order valence-corrected chi connectivity index (χ1v) is 22.0. The van der Waals surface area contributed by atoms with Gasteiger partial charge in [0, 0.05) is 41.8 Å². The van der Waals surface area contributed by atoms with Crippen molar-refractivity contribution < 1.29 is 73.5 Å². The molecule has 8 unspecified atom stereocenters. The Bertz CT molecular complexity index is 2300. The number of aliphatic carboxylic acids is 2. The number of aromatic nitrogens is 3. The molecule has 0 bridgehead atoms. The number of carboxylic acid groups (broad SMARTS) is 2. The Morgan fingerprint density at radius 3 is 1.67 bits per heavy atom. The third-order valence-electron chi connectivity index (χ3n) is 10.5. The number of hydrogen-bond donors (Lipinski definition) is 16. The number of aliphatic hydroxyl groups excluding tert-OH is 3. The standard InChI is InChI=1S/C43H62N12O15/c1-20(2)9-27(49-33(59)15-47-36(62)25(44)11-23-14-45-19-48-23)37(63)52-31(17-57)40(66)54-30(16-56)39(65)50-28(12-34(60)61)38(64)53-32(18-58)41(67)55-35(21(3)4)42(68)51-29(43(69)70)10-22-13-46-26-8-6-5-7-24(22)26/h5-8,13-14,19-21,25,27-32,35,46,56-58H,9-12,15-18,44H2,1-4H3,(H,45,48)(H,47,62)(H,49,59)(H,50,65)(H,51,68)(H,52,63)(H,53,64)(H,54,66)(H,55,67)(H,60,61)(H,69,70). The minimum Gasteiger partial charge on any atom is -0.481 e. The SMILES string of the molecule is CC(C)CC(NC(=O)CNC(=O)C(N)Cc1cnc[nH]1)C(=O)NC(CO)C(=O)NC(CO)C(=O)NC(CC(=O)O)C(=O)NC(CO)C(=O)NC(C(=O)NC(Cc1c[nH]c2ccccc12)C(=O)O)C(C)C. The number of rotatable bonds is 29. The van der Waals surface area contributed by atoms with Crippen LogP contribution in [0.3, 0.4) is 0 Å². The number of aromatic amines is 2. The summed E-state index contributed by atoms with van der Waals surface area (Å²) >= 11 is 0. The van der Waals surface area contributed by atoms with Gasteiger partial charge < -0.3 is 83.8 Å². The first-order valence-electron chi connectivity index (χ1n) is 22.0. The highest BCUT2D eigenvalue weighted by Crippen LogP contribution is 2.19. The Hall–Kier alpha value is -7.49. The van der Waals surface area contributed by atoms with Crippen molar-refractivity contribution in [3.8, 4) is 0 Å². The van der Waals surface area contributed by atoms with Gasteiger partial charge >= 0.3 is 11.9 Å². The van der Waals surface area contributed by atoms with Crippen LogP contribution in [0, 0.1) is 11.8 Å². The van der Waals surface area contributed by atoms with Crippen LogP contribution in [0.1, 0.15) is 51.8 Å². The molecule has 0 spiro atoms. The lowest BCUT2D eigenvalue weighted by molar-refractivity contribution is -0.142. The second-order valence-corrected chi connectivity index (χ2v) is 16.9. The fourth-order valence-corrected chi connectivity index (χ4v) is 6.80. The van der Waals surface area contributed by atoms with E-state index in [1.165, 1.54) is 26.4 Å². The van der Waals surface area contributed by atoms with Crippen molar-refractivity contribution in [1.29, 1.82) is 0 Å². The summed E-state index contributed by atoms with van der Waals surface area (Å²) in [5, 5.41) is 68.3. The Labute approximate surface area is 400 Å². The van der Waals surface area contributed by atoms with E-state index in [-0.39, 0.29) is 25.2 Å². The third-order valence-corrected chi connectivity index (χ3v) is 10.5. The highest BCUT2D eigenvalue weighted by molar-refractivity contribution is 5.99. The van der Waals surface area contributed by atoms with Gasteiger partial charge in [0.25, 0.3) is 0 Å². The molecule has 17 N–H and O–H groups in total. The van der Waals surface area contributed by atoms with Crippen LogP contribution >= 0.6 is 0 Å². The molecule has 2 heterocycles. The van der Waals surface area contributed by atoms with E-state index in [9.17, 15) is 73.5 Å². The average Bonchev–Trinajstić information content (AvgIpc) is 3.98. The molecule has 0 radical (unpaired) electrons. The van der Waals surface area contributed by atoms with E-state index in [1.807, 2.05) is 5.32 Å². The number of hydrogen-bond acceptors (Lipinski definition) is 15. The van der Waals surface area contributed by atoms with E-state index in [0.717, 1.165) is 10.9 Å². The van der Waals surface area contributed by atoms with Crippen molar-refractivity contribution in [3.05, 3.63) is 54.2 Å². The molecule has 3 aromatic rings. The molecule has 70 heavy (non-hydrogen) atoms. The van der Waals surface area contributed by atoms with Crippen molar-refractivity contribution in [2.24, 2.45) is 17.6 Å². The molecule has 0 saturated heterocycles. The predicted molar refractivity (Wildman–Crippen MR) is 244 cm³/mol. The quantitative estimate of drug-likeness (QED) is 0.0309. The number of carboxylic acids is 2. The zero-order valence-corrected chi connectivity index (χ0v) is 38.8. The van der Waals surface area contributed by atoms with E-state index in [1.54, 1.807) is 44.3 Å². The van der Waals surface area contributed by atoms with Crippen LogP contribution in [0.25, 0.3) is 10.9 Å². The molecule has 27 heteroatoms.